The molecule has 1 amide bonds. The number of nitrogens with one attached hydrogen (secondary N) is 1. The highest BCUT2D eigenvalue weighted by atomic mass is 35.5. The maximum absolute atomic E-state index is 12.2. The van der Waals surface area contributed by atoms with E-state index in [1.807, 2.05) is 24.4 Å². The second kappa shape index (κ2) is 8.69. The maximum atomic E-state index is 12.2. The SMILES string of the molecule is CC(C)n1ccnc1C1CCN(CCC(=O)Nc2ccccc2Cl)CC1. The van der Waals surface area contributed by atoms with E-state index in [0.717, 1.165) is 32.5 Å². The van der Waals surface area contributed by atoms with Crippen LogP contribution >= 0.6 is 11.6 Å². The summed E-state index contributed by atoms with van der Waals surface area (Å²) < 4.78 is 2.28. The van der Waals surface area contributed by atoms with Crippen LogP contribution in [0.4, 0.5) is 5.69 Å². The zero-order valence-electron chi connectivity index (χ0n) is 15.5. The lowest BCUT2D eigenvalue weighted by Gasteiger charge is -2.32. The van der Waals surface area contributed by atoms with Crippen LogP contribution in [0.25, 0.3) is 0 Å². The molecule has 1 aromatic heterocycles. The number of rotatable bonds is 6. The molecule has 0 saturated carbocycles. The van der Waals surface area contributed by atoms with E-state index in [4.69, 9.17) is 11.6 Å². The molecule has 0 aliphatic carbocycles. The van der Waals surface area contributed by atoms with Crippen LogP contribution in [-0.2, 0) is 4.79 Å². The molecule has 5 nitrogen and oxygen atoms in total. The first kappa shape index (κ1) is 18.9. The third-order valence-corrected chi connectivity index (χ3v) is 5.34. The largest absolute Gasteiger partial charge is 0.332 e. The van der Waals surface area contributed by atoms with Gasteiger partial charge in [0.2, 0.25) is 5.91 Å². The number of hydrogen-bond acceptors (Lipinski definition) is 3. The Kier molecular flexibility index (Phi) is 6.33. The van der Waals surface area contributed by atoms with Crippen LogP contribution in [0, 0.1) is 0 Å². The van der Waals surface area contributed by atoms with Gasteiger partial charge in [0.15, 0.2) is 0 Å². The average Bonchev–Trinajstić information content (AvgIpc) is 3.12. The van der Waals surface area contributed by atoms with E-state index in [-0.39, 0.29) is 5.91 Å². The number of anilines is 1. The van der Waals surface area contributed by atoms with Crippen LogP contribution in [0.5, 0.6) is 0 Å². The highest BCUT2D eigenvalue weighted by Gasteiger charge is 2.24. The first-order valence-electron chi connectivity index (χ1n) is 9.34. The molecule has 1 saturated heterocycles. The molecule has 0 atom stereocenters. The minimum absolute atomic E-state index is 0.00979. The lowest BCUT2D eigenvalue weighted by atomic mass is 9.95. The number of halogens is 1. The molecular weight excluding hydrogens is 348 g/mol. The topological polar surface area (TPSA) is 50.2 Å². The fourth-order valence-corrected chi connectivity index (χ4v) is 3.71. The Hall–Kier alpha value is -1.85. The number of para-hydroxylation sites is 1. The number of aromatic nitrogens is 2. The van der Waals surface area contributed by atoms with Crippen molar-refractivity contribution in [2.45, 2.75) is 45.1 Å². The molecule has 0 spiro atoms. The van der Waals surface area contributed by atoms with Crippen LogP contribution in [0.15, 0.2) is 36.7 Å². The van der Waals surface area contributed by atoms with E-state index < -0.39 is 0 Å². The monoisotopic (exact) mass is 374 g/mol. The normalized spacial score (nSPS) is 16.2. The molecule has 3 rings (SSSR count). The van der Waals surface area contributed by atoms with E-state index >= 15 is 0 Å². The summed E-state index contributed by atoms with van der Waals surface area (Å²) in [7, 11) is 0. The Bertz CT molecular complexity index is 735. The zero-order chi connectivity index (χ0) is 18.5. The van der Waals surface area contributed by atoms with Gasteiger partial charge in [0.05, 0.1) is 10.7 Å². The van der Waals surface area contributed by atoms with E-state index in [1.165, 1.54) is 5.82 Å². The molecule has 1 aliphatic heterocycles. The van der Waals surface area contributed by atoms with E-state index in [9.17, 15) is 4.79 Å². The van der Waals surface area contributed by atoms with Crippen molar-refractivity contribution in [2.75, 3.05) is 25.0 Å². The Labute approximate surface area is 160 Å². The van der Waals surface area contributed by atoms with E-state index in [2.05, 4.69) is 39.8 Å². The number of likely N-dealkylation sites (tertiary alicyclic amines) is 1. The summed E-state index contributed by atoms with van der Waals surface area (Å²) in [6.07, 6.45) is 6.65. The number of amides is 1. The molecule has 1 aliphatic rings. The van der Waals surface area contributed by atoms with Crippen LogP contribution in [0.1, 0.15) is 50.9 Å². The predicted molar refractivity (Wildman–Crippen MR) is 106 cm³/mol. The zero-order valence-corrected chi connectivity index (χ0v) is 16.2. The fourth-order valence-electron chi connectivity index (χ4n) is 3.53. The van der Waals surface area contributed by atoms with Gasteiger partial charge < -0.3 is 14.8 Å². The highest BCUT2D eigenvalue weighted by Crippen LogP contribution is 2.28. The van der Waals surface area contributed by atoms with Gasteiger partial charge in [0, 0.05) is 37.3 Å². The van der Waals surface area contributed by atoms with Gasteiger partial charge in [-0.3, -0.25) is 4.79 Å². The summed E-state index contributed by atoms with van der Waals surface area (Å²) in [4.78, 5) is 19.1. The number of carbonyl (C=O) groups is 1. The number of hydrogen-bond donors (Lipinski definition) is 1. The molecule has 1 aromatic carbocycles. The van der Waals surface area contributed by atoms with Crippen molar-refractivity contribution in [1.82, 2.24) is 14.5 Å². The molecule has 1 fully saturated rings. The Morgan fingerprint density at radius 1 is 1.31 bits per heavy atom. The van der Waals surface area contributed by atoms with Gasteiger partial charge in [-0.25, -0.2) is 4.98 Å². The highest BCUT2D eigenvalue weighted by molar-refractivity contribution is 6.33. The summed E-state index contributed by atoms with van der Waals surface area (Å²) in [5.41, 5.74) is 0.679. The molecule has 2 aromatic rings. The molecule has 1 N–H and O–H groups in total. The molecular formula is C20H27ClN4O. The van der Waals surface area contributed by atoms with Gasteiger partial charge in [-0.1, -0.05) is 23.7 Å². The number of nitrogens with zero attached hydrogens (tertiary/aromatic N) is 3. The fraction of sp³-hybridized carbons (Fsp3) is 0.500. The molecule has 26 heavy (non-hydrogen) atoms. The maximum Gasteiger partial charge on any atom is 0.225 e. The van der Waals surface area contributed by atoms with Crippen LogP contribution in [-0.4, -0.2) is 40.0 Å². The van der Waals surface area contributed by atoms with Gasteiger partial charge in [0.25, 0.3) is 0 Å². The quantitative estimate of drug-likeness (QED) is 0.818. The summed E-state index contributed by atoms with van der Waals surface area (Å²) in [6, 6.07) is 7.77. The van der Waals surface area contributed by atoms with Gasteiger partial charge in [-0.05, 0) is 51.9 Å². The van der Waals surface area contributed by atoms with Crippen LogP contribution in [0.3, 0.4) is 0 Å². The van der Waals surface area contributed by atoms with Crippen LogP contribution in [0.2, 0.25) is 5.02 Å². The number of imidazole rings is 1. The van der Waals surface area contributed by atoms with Gasteiger partial charge in [-0.15, -0.1) is 0 Å². The summed E-state index contributed by atoms with van der Waals surface area (Å²) in [6.45, 7) is 7.18. The second-order valence-electron chi connectivity index (χ2n) is 7.18. The van der Waals surface area contributed by atoms with Crippen molar-refractivity contribution >= 4 is 23.2 Å². The molecule has 6 heteroatoms. The lowest BCUT2D eigenvalue weighted by molar-refractivity contribution is -0.116. The molecule has 0 radical (unpaired) electrons. The minimum atomic E-state index is 0.00979. The molecule has 2 heterocycles. The number of piperidine rings is 1. The van der Waals surface area contributed by atoms with Gasteiger partial charge in [-0.2, -0.15) is 0 Å². The molecule has 0 bridgehead atoms. The first-order chi connectivity index (χ1) is 12.5. The lowest BCUT2D eigenvalue weighted by Crippen LogP contribution is -2.35. The first-order valence-corrected chi connectivity index (χ1v) is 9.72. The molecule has 0 unspecified atom stereocenters. The Morgan fingerprint density at radius 2 is 2.04 bits per heavy atom. The standard InChI is InChI=1S/C20H27ClN4O/c1-15(2)25-14-10-22-20(25)16-7-11-24(12-8-16)13-9-19(26)23-18-6-4-3-5-17(18)21/h3-6,10,14-16H,7-9,11-13H2,1-2H3,(H,23,26). The summed E-state index contributed by atoms with van der Waals surface area (Å²) in [5.74, 6) is 1.73. The van der Waals surface area contributed by atoms with E-state index in [1.54, 1.807) is 6.07 Å². The smallest absolute Gasteiger partial charge is 0.225 e. The van der Waals surface area contributed by atoms with Crippen molar-refractivity contribution in [3.8, 4) is 0 Å². The van der Waals surface area contributed by atoms with Crippen molar-refractivity contribution in [3.05, 3.63) is 47.5 Å². The van der Waals surface area contributed by atoms with Crippen molar-refractivity contribution in [1.29, 1.82) is 0 Å². The Balaban J connectivity index is 1.45. The van der Waals surface area contributed by atoms with Crippen molar-refractivity contribution in [2.24, 2.45) is 0 Å². The average molecular weight is 375 g/mol. The Morgan fingerprint density at radius 3 is 2.73 bits per heavy atom. The minimum Gasteiger partial charge on any atom is -0.332 e. The predicted octanol–water partition coefficient (Wildman–Crippen LogP) is 4.33. The number of carbonyl (C=O) groups excluding carboxylic acids is 1. The second-order valence-corrected chi connectivity index (χ2v) is 7.59. The summed E-state index contributed by atoms with van der Waals surface area (Å²) >= 11 is 6.08. The van der Waals surface area contributed by atoms with Crippen LogP contribution < -0.4 is 5.32 Å². The van der Waals surface area contributed by atoms with Gasteiger partial charge >= 0.3 is 0 Å². The van der Waals surface area contributed by atoms with Gasteiger partial charge in [0.1, 0.15) is 5.82 Å². The third-order valence-electron chi connectivity index (χ3n) is 5.01. The third kappa shape index (κ3) is 4.65. The molecule has 140 valence electrons. The number of benzene rings is 1. The van der Waals surface area contributed by atoms with Crippen molar-refractivity contribution in [3.63, 3.8) is 0 Å². The van der Waals surface area contributed by atoms with Crippen molar-refractivity contribution < 1.29 is 4.79 Å². The van der Waals surface area contributed by atoms with E-state index in [0.29, 0.717) is 29.1 Å². The summed E-state index contributed by atoms with van der Waals surface area (Å²) in [5, 5.41) is 3.46.